The summed E-state index contributed by atoms with van der Waals surface area (Å²) in [4.78, 5) is 0. The molecule has 0 amide bonds. The van der Waals surface area contributed by atoms with Crippen LogP contribution in [0.25, 0.3) is 0 Å². The topological polar surface area (TPSA) is 87.6 Å². The van der Waals surface area contributed by atoms with E-state index in [1.54, 1.807) is 6.92 Å². The monoisotopic (exact) mass is 458 g/mol. The number of hydrogen-bond acceptors (Lipinski definition) is 5. The molecule has 8 heteroatoms. The van der Waals surface area contributed by atoms with Crippen LogP contribution >= 0.6 is 0 Å². The molecule has 1 fully saturated rings. The molecule has 0 saturated carbocycles. The van der Waals surface area contributed by atoms with Crippen LogP contribution in [-0.4, -0.2) is 38.3 Å². The Morgan fingerprint density at radius 1 is 1.12 bits per heavy atom. The SMILES string of the molecule is CC[C@H]1C(C[O-])O[C@@H](OC)C([O-])[C@H]1[O-].[Rb+].[Rb+].[Rb+]. The Labute approximate surface area is 249 Å². The van der Waals surface area contributed by atoms with Crippen LogP contribution < -0.4 is 190 Å². The molecule has 0 aromatic carbocycles. The molecule has 5 atom stereocenters. The maximum Gasteiger partial charge on any atom is 1.00 e. The van der Waals surface area contributed by atoms with Gasteiger partial charge in [-0.05, 0) is 5.92 Å². The van der Waals surface area contributed by atoms with Gasteiger partial charge in [-0.3, -0.25) is 0 Å². The third-order valence-electron chi connectivity index (χ3n) is 2.67. The predicted octanol–water partition coefficient (Wildman–Crippen LogP) is -11.8. The van der Waals surface area contributed by atoms with Crippen molar-refractivity contribution >= 4 is 0 Å². The smallest absolute Gasteiger partial charge is 0.853 e. The van der Waals surface area contributed by atoms with Crippen molar-refractivity contribution < 1.29 is 199 Å². The second-order valence-electron chi connectivity index (χ2n) is 3.45. The number of methoxy groups -OCH3 is 1. The molecule has 1 rings (SSSR count). The van der Waals surface area contributed by atoms with E-state index in [2.05, 4.69) is 0 Å². The second kappa shape index (κ2) is 14.8. The van der Waals surface area contributed by atoms with Crippen molar-refractivity contribution in [3.05, 3.63) is 0 Å². The molecule has 0 aromatic rings. The normalized spacial score (nSPS) is 36.2. The molecule has 1 heterocycles. The van der Waals surface area contributed by atoms with Gasteiger partial charge in [-0.25, -0.2) is 0 Å². The van der Waals surface area contributed by atoms with Crippen molar-refractivity contribution in [3.63, 3.8) is 0 Å². The van der Waals surface area contributed by atoms with E-state index in [1.807, 2.05) is 0 Å². The fourth-order valence-corrected chi connectivity index (χ4v) is 1.81. The fourth-order valence-electron chi connectivity index (χ4n) is 1.81. The van der Waals surface area contributed by atoms with E-state index in [9.17, 15) is 15.3 Å². The summed E-state index contributed by atoms with van der Waals surface area (Å²) in [5.41, 5.74) is 0. The molecule has 2 unspecified atom stereocenters. The number of rotatable bonds is 3. The van der Waals surface area contributed by atoms with E-state index in [0.717, 1.165) is 0 Å². The molecule has 1 aliphatic heterocycles. The van der Waals surface area contributed by atoms with Crippen LogP contribution in [0.4, 0.5) is 0 Å². The molecule has 0 spiro atoms. The van der Waals surface area contributed by atoms with Crippen LogP contribution in [0.2, 0.25) is 0 Å². The molecule has 0 radical (unpaired) electrons. The van der Waals surface area contributed by atoms with Crippen molar-refractivity contribution in [1.82, 2.24) is 0 Å². The number of ether oxygens (including phenoxy) is 2. The van der Waals surface area contributed by atoms with Gasteiger partial charge in [0.15, 0.2) is 0 Å². The summed E-state index contributed by atoms with van der Waals surface area (Å²) in [7, 11) is 1.30. The van der Waals surface area contributed by atoms with E-state index in [1.165, 1.54) is 7.11 Å². The molecule has 1 saturated heterocycles. The van der Waals surface area contributed by atoms with Crippen LogP contribution in [0.15, 0.2) is 0 Å². The summed E-state index contributed by atoms with van der Waals surface area (Å²) in [6.45, 7) is 1.28. The fraction of sp³-hybridized carbons (Fsp3) is 1.00. The summed E-state index contributed by atoms with van der Waals surface area (Å²) < 4.78 is 9.85. The van der Waals surface area contributed by atoms with E-state index >= 15 is 0 Å². The van der Waals surface area contributed by atoms with Gasteiger partial charge >= 0.3 is 175 Å². The molecule has 84 valence electrons. The van der Waals surface area contributed by atoms with Crippen molar-refractivity contribution in [2.45, 2.75) is 37.9 Å². The minimum absolute atomic E-state index is 0. The predicted molar refractivity (Wildman–Crippen MR) is 41.9 cm³/mol. The Kier molecular flexibility index (Phi) is 23.6. The summed E-state index contributed by atoms with van der Waals surface area (Å²) in [5, 5.41) is 33.7. The van der Waals surface area contributed by atoms with E-state index in [4.69, 9.17) is 9.47 Å². The first-order chi connectivity index (χ1) is 6.65. The van der Waals surface area contributed by atoms with Crippen LogP contribution in [-0.2, 0) is 9.47 Å². The first-order valence-corrected chi connectivity index (χ1v) is 4.73. The Morgan fingerprint density at radius 2 is 1.65 bits per heavy atom. The van der Waals surface area contributed by atoms with Gasteiger partial charge in [-0.2, -0.15) is 0 Å². The maximum absolute atomic E-state index is 11.6. The minimum atomic E-state index is -1.44. The molecule has 5 nitrogen and oxygen atoms in total. The Balaban J connectivity index is -0.000000653. The van der Waals surface area contributed by atoms with E-state index in [-0.39, 0.29) is 175 Å². The van der Waals surface area contributed by atoms with E-state index < -0.39 is 37.1 Å². The van der Waals surface area contributed by atoms with Gasteiger partial charge < -0.3 is 24.8 Å². The quantitative estimate of drug-likeness (QED) is 0.418. The van der Waals surface area contributed by atoms with Gasteiger partial charge in [0.25, 0.3) is 0 Å². The van der Waals surface area contributed by atoms with Crippen LogP contribution in [0, 0.1) is 5.92 Å². The summed E-state index contributed by atoms with van der Waals surface area (Å²) in [6, 6.07) is 0. The summed E-state index contributed by atoms with van der Waals surface area (Å²) in [5.74, 6) is -0.485. The van der Waals surface area contributed by atoms with Gasteiger partial charge in [0.05, 0.1) is 0 Å². The third-order valence-corrected chi connectivity index (χ3v) is 2.67. The molecular formula is C9H15O5Rb3. The zero-order valence-corrected chi connectivity index (χ0v) is 26.1. The van der Waals surface area contributed by atoms with E-state index in [0.29, 0.717) is 6.42 Å². The standard InChI is InChI=1S/C9H15O5.3Rb/c1-3-5-6(4-10)14-9(13-2)8(12)7(5)11;;;/h5-9H,3-4H2,1-2H3;;;/q-3;3*+1/t5-,6?,7-,8?,9+;;;/m0.../s1. The Morgan fingerprint density at radius 3 is 2.00 bits per heavy atom. The van der Waals surface area contributed by atoms with Crippen molar-refractivity contribution in [2.24, 2.45) is 5.92 Å². The van der Waals surface area contributed by atoms with Gasteiger partial charge in [0.2, 0.25) is 0 Å². The minimum Gasteiger partial charge on any atom is -0.853 e. The zero-order chi connectivity index (χ0) is 10.7. The average Bonchev–Trinajstić information content (AvgIpc) is 2.21. The largest absolute Gasteiger partial charge is 1.00 e. The van der Waals surface area contributed by atoms with Gasteiger partial charge in [-0.1, -0.05) is 19.4 Å². The molecule has 0 bridgehead atoms. The van der Waals surface area contributed by atoms with Crippen LogP contribution in [0.5, 0.6) is 0 Å². The van der Waals surface area contributed by atoms with Crippen molar-refractivity contribution in [1.29, 1.82) is 0 Å². The van der Waals surface area contributed by atoms with Gasteiger partial charge in [0, 0.05) is 13.2 Å². The Hall–Kier alpha value is 5.22. The van der Waals surface area contributed by atoms with Crippen LogP contribution in [0.3, 0.4) is 0 Å². The number of hydrogen-bond donors (Lipinski definition) is 0. The Bertz CT molecular complexity index is 184. The summed E-state index contributed by atoms with van der Waals surface area (Å²) >= 11 is 0. The molecule has 0 aromatic heterocycles. The first-order valence-electron chi connectivity index (χ1n) is 4.73. The van der Waals surface area contributed by atoms with Crippen LogP contribution in [0.1, 0.15) is 13.3 Å². The molecule has 1 aliphatic rings. The molecule has 17 heavy (non-hydrogen) atoms. The average molecular weight is 460 g/mol. The summed E-state index contributed by atoms with van der Waals surface area (Å²) in [6.07, 6.45) is -4.00. The van der Waals surface area contributed by atoms with Gasteiger partial charge in [0.1, 0.15) is 6.29 Å². The molecule has 0 aliphatic carbocycles. The third kappa shape index (κ3) is 8.04. The zero-order valence-electron chi connectivity index (χ0n) is 11.3. The first kappa shape index (κ1) is 27.1. The second-order valence-corrected chi connectivity index (χ2v) is 3.45. The maximum atomic E-state index is 11.6. The molecular weight excluding hydrogens is 444 g/mol. The molecule has 0 N–H and O–H groups in total. The van der Waals surface area contributed by atoms with Crippen molar-refractivity contribution in [2.75, 3.05) is 13.7 Å². The van der Waals surface area contributed by atoms with Gasteiger partial charge in [-0.15, -0.1) is 12.7 Å². The van der Waals surface area contributed by atoms with Crippen molar-refractivity contribution in [3.8, 4) is 0 Å².